The van der Waals surface area contributed by atoms with Crippen molar-refractivity contribution in [2.24, 2.45) is 5.92 Å². The molecule has 5 heteroatoms. The monoisotopic (exact) mass is 259 g/mol. The van der Waals surface area contributed by atoms with Crippen LogP contribution in [-0.2, 0) is 0 Å². The molecule has 0 spiro atoms. The number of aromatic nitrogens is 4. The number of nitrogens with zero attached hydrogens (tertiary/aromatic N) is 4. The molecule has 0 saturated carbocycles. The van der Waals surface area contributed by atoms with Gasteiger partial charge in [-0.15, -0.1) is 5.10 Å². The average molecular weight is 259 g/mol. The van der Waals surface area contributed by atoms with Gasteiger partial charge >= 0.3 is 0 Å². The van der Waals surface area contributed by atoms with Crippen molar-refractivity contribution in [2.75, 3.05) is 5.73 Å². The molecule has 0 bridgehead atoms. The summed E-state index contributed by atoms with van der Waals surface area (Å²) in [6, 6.07) is 6.17. The van der Waals surface area contributed by atoms with Crippen LogP contribution in [0.1, 0.15) is 38.8 Å². The molecule has 0 aliphatic carbocycles. The number of tetrazole rings is 1. The number of aryl methyl sites for hydroxylation is 1. The minimum atomic E-state index is 0.271. The number of hydrogen-bond donors (Lipinski definition) is 1. The van der Waals surface area contributed by atoms with Crippen LogP contribution in [0.4, 0.5) is 5.69 Å². The molecule has 2 aromatic rings. The quantitative estimate of drug-likeness (QED) is 0.857. The molecule has 0 radical (unpaired) electrons. The van der Waals surface area contributed by atoms with Gasteiger partial charge in [0.2, 0.25) is 0 Å². The Morgan fingerprint density at radius 2 is 2.05 bits per heavy atom. The maximum atomic E-state index is 5.85. The van der Waals surface area contributed by atoms with Gasteiger partial charge < -0.3 is 5.73 Å². The summed E-state index contributed by atoms with van der Waals surface area (Å²) in [6.07, 6.45) is 1.10. The predicted octanol–water partition coefficient (Wildman–Crippen LogP) is 2.84. The van der Waals surface area contributed by atoms with Crippen molar-refractivity contribution < 1.29 is 0 Å². The van der Waals surface area contributed by atoms with E-state index in [0.29, 0.717) is 5.92 Å². The van der Waals surface area contributed by atoms with Gasteiger partial charge in [0.25, 0.3) is 0 Å². The number of nitrogen functional groups attached to an aromatic ring is 1. The first kappa shape index (κ1) is 13.5. The molecule has 2 N–H and O–H groups in total. The predicted molar refractivity (Wildman–Crippen MR) is 76.6 cm³/mol. The van der Waals surface area contributed by atoms with Gasteiger partial charge in [-0.2, -0.15) is 0 Å². The Morgan fingerprint density at radius 1 is 1.32 bits per heavy atom. The lowest BCUT2D eigenvalue weighted by atomic mass is 10.0. The largest absolute Gasteiger partial charge is 0.399 e. The maximum Gasteiger partial charge on any atom is 0.182 e. The lowest BCUT2D eigenvalue weighted by molar-refractivity contribution is 0.340. The third-order valence-electron chi connectivity index (χ3n) is 3.87. The van der Waals surface area contributed by atoms with E-state index in [1.165, 1.54) is 0 Å². The summed E-state index contributed by atoms with van der Waals surface area (Å²) in [5.41, 5.74) is 8.69. The molecule has 0 aliphatic rings. The molecule has 2 rings (SSSR count). The van der Waals surface area contributed by atoms with Gasteiger partial charge in [-0.25, -0.2) is 4.68 Å². The number of hydrogen-bond acceptors (Lipinski definition) is 4. The summed E-state index contributed by atoms with van der Waals surface area (Å²) in [4.78, 5) is 0. The Hall–Kier alpha value is -1.91. The SMILES string of the molecule is CCC(C)C(C)n1nnnc1-c1ccc(N)c(C)c1. The van der Waals surface area contributed by atoms with Crippen LogP contribution >= 0.6 is 0 Å². The first-order valence-corrected chi connectivity index (χ1v) is 6.69. The summed E-state index contributed by atoms with van der Waals surface area (Å²) >= 11 is 0. The van der Waals surface area contributed by atoms with Crippen molar-refractivity contribution >= 4 is 5.69 Å². The van der Waals surface area contributed by atoms with E-state index < -0.39 is 0 Å². The zero-order valence-electron chi connectivity index (χ0n) is 12.0. The van der Waals surface area contributed by atoms with Crippen molar-refractivity contribution in [3.8, 4) is 11.4 Å². The van der Waals surface area contributed by atoms with Gasteiger partial charge in [0.05, 0.1) is 6.04 Å². The number of nitrogens with two attached hydrogens (primary N) is 1. The highest BCUT2D eigenvalue weighted by Crippen LogP contribution is 2.26. The highest BCUT2D eigenvalue weighted by atomic mass is 15.5. The summed E-state index contributed by atoms with van der Waals surface area (Å²) < 4.78 is 1.90. The second-order valence-electron chi connectivity index (χ2n) is 5.14. The smallest absolute Gasteiger partial charge is 0.182 e. The van der Waals surface area contributed by atoms with E-state index in [2.05, 4.69) is 36.3 Å². The highest BCUT2D eigenvalue weighted by Gasteiger charge is 2.19. The first-order valence-electron chi connectivity index (χ1n) is 6.69. The zero-order valence-corrected chi connectivity index (χ0v) is 12.0. The lowest BCUT2D eigenvalue weighted by Crippen LogP contribution is -2.16. The first-order chi connectivity index (χ1) is 9.04. The molecule has 0 aliphatic heterocycles. The minimum absolute atomic E-state index is 0.271. The van der Waals surface area contributed by atoms with Gasteiger partial charge in [-0.05, 0) is 54.0 Å². The molecule has 0 fully saturated rings. The van der Waals surface area contributed by atoms with Crippen LogP contribution in [0.15, 0.2) is 18.2 Å². The van der Waals surface area contributed by atoms with Crippen LogP contribution in [-0.4, -0.2) is 20.2 Å². The van der Waals surface area contributed by atoms with Crippen molar-refractivity contribution in [3.05, 3.63) is 23.8 Å². The molecule has 0 saturated heterocycles. The van der Waals surface area contributed by atoms with E-state index in [0.717, 1.165) is 29.1 Å². The fourth-order valence-electron chi connectivity index (χ4n) is 2.05. The molecule has 2 unspecified atom stereocenters. The molecule has 2 atom stereocenters. The van der Waals surface area contributed by atoms with Gasteiger partial charge in [0, 0.05) is 11.3 Å². The summed E-state index contributed by atoms with van der Waals surface area (Å²) in [7, 11) is 0. The highest BCUT2D eigenvalue weighted by molar-refractivity contribution is 5.61. The van der Waals surface area contributed by atoms with E-state index in [9.17, 15) is 0 Å². The lowest BCUT2D eigenvalue weighted by Gasteiger charge is -2.19. The molecule has 1 aromatic heterocycles. The average Bonchev–Trinajstić information content (AvgIpc) is 2.89. The summed E-state index contributed by atoms with van der Waals surface area (Å²) in [6.45, 7) is 8.53. The van der Waals surface area contributed by atoms with Crippen LogP contribution < -0.4 is 5.73 Å². The van der Waals surface area contributed by atoms with Gasteiger partial charge in [0.15, 0.2) is 5.82 Å². The number of anilines is 1. The number of rotatable bonds is 4. The molecule has 1 heterocycles. The molecule has 5 nitrogen and oxygen atoms in total. The fourth-order valence-corrected chi connectivity index (χ4v) is 2.05. The van der Waals surface area contributed by atoms with E-state index in [4.69, 9.17) is 5.73 Å². The van der Waals surface area contributed by atoms with Gasteiger partial charge in [-0.1, -0.05) is 20.3 Å². The molecular weight excluding hydrogens is 238 g/mol. The third kappa shape index (κ3) is 2.59. The standard InChI is InChI=1S/C14H21N5/c1-5-9(2)11(4)19-14(16-17-18-19)12-6-7-13(15)10(3)8-12/h6-9,11H,5,15H2,1-4H3. The van der Waals surface area contributed by atoms with Crippen molar-refractivity contribution in [1.82, 2.24) is 20.2 Å². The van der Waals surface area contributed by atoms with Crippen LogP contribution in [0.5, 0.6) is 0 Å². The Labute approximate surface area is 113 Å². The summed E-state index contributed by atoms with van der Waals surface area (Å²) in [5.74, 6) is 1.33. The maximum absolute atomic E-state index is 5.85. The van der Waals surface area contributed by atoms with Crippen molar-refractivity contribution in [1.29, 1.82) is 0 Å². The van der Waals surface area contributed by atoms with Crippen LogP contribution in [0.3, 0.4) is 0 Å². The van der Waals surface area contributed by atoms with Crippen LogP contribution in [0.25, 0.3) is 11.4 Å². The van der Waals surface area contributed by atoms with Gasteiger partial charge in [0.1, 0.15) is 0 Å². The second kappa shape index (κ2) is 5.38. The van der Waals surface area contributed by atoms with E-state index >= 15 is 0 Å². The summed E-state index contributed by atoms with van der Waals surface area (Å²) in [5, 5.41) is 12.1. The third-order valence-corrected chi connectivity index (χ3v) is 3.87. The Kier molecular flexibility index (Phi) is 3.83. The zero-order chi connectivity index (χ0) is 14.0. The topological polar surface area (TPSA) is 69.6 Å². The normalized spacial score (nSPS) is 14.3. The van der Waals surface area contributed by atoms with Crippen LogP contribution in [0.2, 0.25) is 0 Å². The van der Waals surface area contributed by atoms with Crippen LogP contribution in [0, 0.1) is 12.8 Å². The molecule has 0 amide bonds. The molecule has 19 heavy (non-hydrogen) atoms. The minimum Gasteiger partial charge on any atom is -0.399 e. The molecule has 102 valence electrons. The Morgan fingerprint density at radius 3 is 2.68 bits per heavy atom. The Bertz CT molecular complexity index is 561. The van der Waals surface area contributed by atoms with Crippen molar-refractivity contribution in [2.45, 2.75) is 40.2 Å². The Balaban J connectivity index is 2.41. The fraction of sp³-hybridized carbons (Fsp3) is 0.500. The number of benzene rings is 1. The van der Waals surface area contributed by atoms with E-state index in [1.54, 1.807) is 0 Å². The van der Waals surface area contributed by atoms with E-state index in [1.807, 2.05) is 29.8 Å². The van der Waals surface area contributed by atoms with E-state index in [-0.39, 0.29) is 6.04 Å². The second-order valence-corrected chi connectivity index (χ2v) is 5.14. The van der Waals surface area contributed by atoms with Crippen molar-refractivity contribution in [3.63, 3.8) is 0 Å². The molecular formula is C14H21N5. The van der Waals surface area contributed by atoms with Gasteiger partial charge in [-0.3, -0.25) is 0 Å². The molecule has 1 aromatic carbocycles.